The summed E-state index contributed by atoms with van der Waals surface area (Å²) >= 11 is 12.8. The predicted molar refractivity (Wildman–Crippen MR) is 103 cm³/mol. The number of nitrogens with zero attached hydrogens (tertiary/aromatic N) is 3. The molecule has 1 aliphatic rings. The zero-order chi connectivity index (χ0) is 18.7. The first kappa shape index (κ1) is 23.5. The summed E-state index contributed by atoms with van der Waals surface area (Å²) in [5.74, 6) is 0. The molecule has 0 saturated carbocycles. The standard InChI is InChI=1S/C12H28Cl2N3O4P3/c1-9(2)18-17-23(19-10(3)4)16(13)22(14)15-24(17,20-11(5)6)21-12(7)8/h9-12H,1-8H3. The first-order valence-electron chi connectivity index (χ1n) is 7.83. The molecule has 144 valence electrons. The van der Waals surface area contributed by atoms with Gasteiger partial charge >= 0.3 is 7.66 Å². The van der Waals surface area contributed by atoms with Crippen LogP contribution < -0.4 is 0 Å². The Balaban J connectivity index is 3.42. The molecule has 0 spiro atoms. The molecule has 2 unspecified atom stereocenters. The Labute approximate surface area is 158 Å². The highest BCUT2D eigenvalue weighted by Crippen LogP contribution is 2.81. The summed E-state index contributed by atoms with van der Waals surface area (Å²) in [5.41, 5.74) is 0. The maximum Gasteiger partial charge on any atom is 0.327 e. The average molecular weight is 442 g/mol. The Hall–Kier alpha value is 1.43. The van der Waals surface area contributed by atoms with E-state index in [1.54, 1.807) is 4.60 Å². The van der Waals surface area contributed by atoms with Crippen LogP contribution in [0.2, 0.25) is 0 Å². The predicted octanol–water partition coefficient (Wildman–Crippen LogP) is 7.01. The molecule has 1 rings (SSSR count). The van der Waals surface area contributed by atoms with Gasteiger partial charge < -0.3 is 13.6 Å². The molecule has 0 amide bonds. The van der Waals surface area contributed by atoms with Gasteiger partial charge in [0.25, 0.3) is 0 Å². The minimum Gasteiger partial charge on any atom is -0.326 e. The van der Waals surface area contributed by atoms with Gasteiger partial charge in [0.05, 0.1) is 24.4 Å². The minimum absolute atomic E-state index is 0.0752. The van der Waals surface area contributed by atoms with Crippen molar-refractivity contribution in [3.63, 3.8) is 0 Å². The van der Waals surface area contributed by atoms with E-state index in [0.717, 1.165) is 0 Å². The Kier molecular flexibility index (Phi) is 9.88. The molecule has 2 atom stereocenters. The Morgan fingerprint density at radius 3 is 1.75 bits per heavy atom. The summed E-state index contributed by atoms with van der Waals surface area (Å²) in [6.07, 6.45) is -0.459. The Bertz CT molecular complexity index is 443. The van der Waals surface area contributed by atoms with Crippen molar-refractivity contribution in [2.24, 2.45) is 4.52 Å². The third-order valence-corrected chi connectivity index (χ3v) is 11.6. The summed E-state index contributed by atoms with van der Waals surface area (Å²) in [6, 6.07) is 0. The van der Waals surface area contributed by atoms with E-state index in [1.165, 1.54) is 3.96 Å². The highest BCUT2D eigenvalue weighted by molar-refractivity contribution is 7.92. The summed E-state index contributed by atoms with van der Waals surface area (Å²) in [5, 5.41) is 0. The van der Waals surface area contributed by atoms with Crippen molar-refractivity contribution < 1.29 is 18.4 Å². The van der Waals surface area contributed by atoms with E-state index in [0.29, 0.717) is 0 Å². The lowest BCUT2D eigenvalue weighted by atomic mass is 10.5. The molecule has 0 radical (unpaired) electrons. The van der Waals surface area contributed by atoms with Crippen LogP contribution in [-0.4, -0.2) is 33.0 Å². The second kappa shape index (κ2) is 10.1. The maximum atomic E-state index is 6.41. The highest BCUT2D eigenvalue weighted by atomic mass is 35.7. The largest absolute Gasteiger partial charge is 0.327 e. The lowest BCUT2D eigenvalue weighted by Crippen LogP contribution is -2.31. The fraction of sp³-hybridized carbons (Fsp3) is 1.00. The fourth-order valence-electron chi connectivity index (χ4n) is 1.64. The molecule has 0 aromatic heterocycles. The van der Waals surface area contributed by atoms with Crippen LogP contribution in [0.5, 0.6) is 0 Å². The fourth-order valence-corrected chi connectivity index (χ4v) is 10.9. The number of halogens is 2. The van der Waals surface area contributed by atoms with Gasteiger partial charge in [0.1, 0.15) is 0 Å². The first-order chi connectivity index (χ1) is 11.0. The van der Waals surface area contributed by atoms with E-state index in [4.69, 9.17) is 41.4 Å². The van der Waals surface area contributed by atoms with Crippen LogP contribution in [-0.2, 0) is 18.4 Å². The van der Waals surface area contributed by atoms with Crippen molar-refractivity contribution in [2.75, 3.05) is 0 Å². The van der Waals surface area contributed by atoms with Crippen molar-refractivity contribution in [1.82, 2.24) is 8.56 Å². The van der Waals surface area contributed by atoms with Gasteiger partial charge in [-0.3, -0.25) is 4.84 Å². The molecule has 1 heterocycles. The van der Waals surface area contributed by atoms with Gasteiger partial charge in [-0.05, 0) is 83.0 Å². The van der Waals surface area contributed by atoms with Crippen LogP contribution in [0.15, 0.2) is 4.52 Å². The molecule has 0 fully saturated rings. The molecule has 0 N–H and O–H groups in total. The van der Waals surface area contributed by atoms with E-state index < -0.39 is 23.7 Å². The van der Waals surface area contributed by atoms with E-state index in [1.807, 2.05) is 55.4 Å². The normalized spacial score (nSPS) is 25.9. The van der Waals surface area contributed by atoms with E-state index in [2.05, 4.69) is 4.52 Å². The smallest absolute Gasteiger partial charge is 0.326 e. The van der Waals surface area contributed by atoms with Gasteiger partial charge in [0, 0.05) is 0 Å². The zero-order valence-electron chi connectivity index (χ0n) is 15.4. The quantitative estimate of drug-likeness (QED) is 0.298. The van der Waals surface area contributed by atoms with Crippen molar-refractivity contribution in [1.29, 1.82) is 0 Å². The second-order valence-electron chi connectivity index (χ2n) is 6.18. The third-order valence-electron chi connectivity index (χ3n) is 2.13. The van der Waals surface area contributed by atoms with Gasteiger partial charge in [0.2, 0.25) is 16.0 Å². The molecule has 7 nitrogen and oxygen atoms in total. The average Bonchev–Trinajstić information content (AvgIpc) is 2.37. The first-order valence-corrected chi connectivity index (χ1v) is 13.0. The second-order valence-corrected chi connectivity index (χ2v) is 13.4. The van der Waals surface area contributed by atoms with Crippen LogP contribution in [0.1, 0.15) is 55.4 Å². The molecule has 0 bridgehead atoms. The van der Waals surface area contributed by atoms with E-state index in [9.17, 15) is 0 Å². The molecule has 12 heteroatoms. The van der Waals surface area contributed by atoms with Gasteiger partial charge in [-0.1, -0.05) is 3.96 Å². The Morgan fingerprint density at radius 1 is 0.875 bits per heavy atom. The van der Waals surface area contributed by atoms with Crippen molar-refractivity contribution in [3.8, 4) is 0 Å². The van der Waals surface area contributed by atoms with Gasteiger partial charge in [-0.25, -0.2) is 0 Å². The minimum atomic E-state index is -2.96. The molecule has 0 aliphatic carbocycles. The molecule has 24 heavy (non-hydrogen) atoms. The van der Waals surface area contributed by atoms with E-state index >= 15 is 0 Å². The Morgan fingerprint density at radius 2 is 1.38 bits per heavy atom. The SMILES string of the molecule is CC(C)ON1P(OC(C)C)N(Cl)P(Cl)N=P1(OC(C)C)OC(C)C. The van der Waals surface area contributed by atoms with Crippen LogP contribution in [0.25, 0.3) is 0 Å². The van der Waals surface area contributed by atoms with Gasteiger partial charge in [-0.15, -0.1) is 0 Å². The van der Waals surface area contributed by atoms with Crippen LogP contribution >= 0.6 is 46.7 Å². The van der Waals surface area contributed by atoms with Gasteiger partial charge in [-0.2, -0.15) is 4.52 Å². The summed E-state index contributed by atoms with van der Waals surface area (Å²) < 4.78 is 25.9. The van der Waals surface area contributed by atoms with Crippen LogP contribution in [0, 0.1) is 0 Å². The monoisotopic (exact) mass is 441 g/mol. The van der Waals surface area contributed by atoms with Crippen molar-refractivity contribution in [2.45, 2.75) is 79.8 Å². The summed E-state index contributed by atoms with van der Waals surface area (Å²) in [7, 11) is -6.05. The molecule has 0 aromatic rings. The molecular weight excluding hydrogens is 414 g/mol. The molecule has 0 aromatic carbocycles. The maximum absolute atomic E-state index is 6.41. The lowest BCUT2D eigenvalue weighted by molar-refractivity contribution is -0.0868. The third kappa shape index (κ3) is 6.55. The molecular formula is C12H28Cl2N3O4P3. The molecule has 1 aliphatic heterocycles. The molecule has 0 saturated heterocycles. The number of hydrogen-bond donors (Lipinski definition) is 0. The number of rotatable bonds is 8. The summed E-state index contributed by atoms with van der Waals surface area (Å²) in [4.78, 5) is 6.01. The topological polar surface area (TPSA) is 55.8 Å². The van der Waals surface area contributed by atoms with E-state index in [-0.39, 0.29) is 24.4 Å². The lowest BCUT2D eigenvalue weighted by Gasteiger charge is -2.45. The zero-order valence-corrected chi connectivity index (χ0v) is 19.6. The van der Waals surface area contributed by atoms with Crippen LogP contribution in [0.3, 0.4) is 0 Å². The summed E-state index contributed by atoms with van der Waals surface area (Å²) in [6.45, 7) is 15.4. The van der Waals surface area contributed by atoms with Crippen LogP contribution in [0.4, 0.5) is 0 Å². The highest BCUT2D eigenvalue weighted by Gasteiger charge is 2.51. The number of hydrogen-bond acceptors (Lipinski definition) is 7. The van der Waals surface area contributed by atoms with Gasteiger partial charge in [0.15, 0.2) is 0 Å². The van der Waals surface area contributed by atoms with Crippen molar-refractivity contribution in [3.05, 3.63) is 0 Å². The van der Waals surface area contributed by atoms with Crippen molar-refractivity contribution >= 4 is 46.7 Å².